The van der Waals surface area contributed by atoms with Crippen molar-refractivity contribution >= 4 is 51.6 Å². The molecule has 8 nitrogen and oxygen atoms in total. The molecule has 0 saturated carbocycles. The first-order valence-electron chi connectivity index (χ1n) is 9.63. The van der Waals surface area contributed by atoms with E-state index in [1.165, 1.54) is 6.26 Å². The van der Waals surface area contributed by atoms with E-state index in [1.807, 2.05) is 38.1 Å². The third kappa shape index (κ3) is 9.99. The van der Waals surface area contributed by atoms with E-state index < -0.39 is 15.6 Å². The molecule has 1 aliphatic rings. The summed E-state index contributed by atoms with van der Waals surface area (Å²) in [4.78, 5) is 8.89. The van der Waals surface area contributed by atoms with Crippen LogP contribution < -0.4 is 14.8 Å². The van der Waals surface area contributed by atoms with Gasteiger partial charge in [0.25, 0.3) is 0 Å². The largest absolute Gasteiger partial charge is 0.492 e. The Morgan fingerprint density at radius 2 is 1.80 bits per heavy atom. The van der Waals surface area contributed by atoms with Gasteiger partial charge in [0.2, 0.25) is 10.0 Å². The Bertz CT molecular complexity index is 782. The summed E-state index contributed by atoms with van der Waals surface area (Å²) in [7, 11) is -1.53. The summed E-state index contributed by atoms with van der Waals surface area (Å²) in [6.07, 6.45) is 1.17. The monoisotopic (exact) mass is 573 g/mol. The normalized spacial score (nSPS) is 16.2. The lowest BCUT2D eigenvalue weighted by Crippen LogP contribution is -2.57. The number of nitrogens with one attached hydrogen (secondary N) is 2. The van der Waals surface area contributed by atoms with Crippen LogP contribution in [-0.2, 0) is 10.0 Å². The van der Waals surface area contributed by atoms with Gasteiger partial charge in [0, 0.05) is 56.9 Å². The zero-order valence-corrected chi connectivity index (χ0v) is 21.9. The molecule has 0 bridgehead atoms. The van der Waals surface area contributed by atoms with Crippen molar-refractivity contribution in [1.82, 2.24) is 19.8 Å². The molecule has 1 aliphatic heterocycles. The number of hydrogen-bond acceptors (Lipinski definition) is 5. The molecule has 11 heteroatoms. The van der Waals surface area contributed by atoms with Gasteiger partial charge in [-0.25, -0.2) is 13.1 Å². The highest BCUT2D eigenvalue weighted by Gasteiger charge is 2.25. The summed E-state index contributed by atoms with van der Waals surface area (Å²) in [6, 6.07) is 7.38. The molecule has 0 unspecified atom stereocenters. The number of aliphatic imine (C=N–C) groups is 1. The van der Waals surface area contributed by atoms with Crippen LogP contribution in [0.25, 0.3) is 0 Å². The van der Waals surface area contributed by atoms with Crippen molar-refractivity contribution in [3.8, 4) is 5.75 Å². The van der Waals surface area contributed by atoms with Gasteiger partial charge in [-0.05, 0) is 38.1 Å². The molecule has 2 rings (SSSR count). The maximum atomic E-state index is 11.5. The molecule has 1 fully saturated rings. The van der Waals surface area contributed by atoms with Gasteiger partial charge < -0.3 is 15.0 Å². The molecule has 172 valence electrons. The number of halogens is 2. The molecule has 0 amide bonds. The van der Waals surface area contributed by atoms with E-state index in [0.717, 1.165) is 44.4 Å². The molecule has 1 saturated heterocycles. The number of benzene rings is 1. The molecular weight excluding hydrogens is 541 g/mol. The van der Waals surface area contributed by atoms with Gasteiger partial charge in [-0.2, -0.15) is 0 Å². The Morgan fingerprint density at radius 3 is 2.33 bits per heavy atom. The summed E-state index contributed by atoms with van der Waals surface area (Å²) < 4.78 is 31.4. The number of rotatable bonds is 8. The third-order valence-electron chi connectivity index (χ3n) is 4.52. The topological polar surface area (TPSA) is 86.3 Å². The van der Waals surface area contributed by atoms with Crippen molar-refractivity contribution in [3.63, 3.8) is 0 Å². The summed E-state index contributed by atoms with van der Waals surface area (Å²) in [5.74, 6) is 1.60. The van der Waals surface area contributed by atoms with Crippen molar-refractivity contribution in [3.05, 3.63) is 29.3 Å². The second-order valence-corrected chi connectivity index (χ2v) is 9.97. The average Bonchev–Trinajstić information content (AvgIpc) is 2.63. The first-order valence-corrected chi connectivity index (χ1v) is 11.9. The highest BCUT2D eigenvalue weighted by molar-refractivity contribution is 14.0. The molecule has 0 atom stereocenters. The summed E-state index contributed by atoms with van der Waals surface area (Å²) >= 11 is 5.88. The van der Waals surface area contributed by atoms with Crippen molar-refractivity contribution in [2.24, 2.45) is 4.99 Å². The summed E-state index contributed by atoms with van der Waals surface area (Å²) in [5, 5.41) is 3.98. The lowest BCUT2D eigenvalue weighted by molar-refractivity contribution is 0.152. The highest BCUT2D eigenvalue weighted by atomic mass is 127. The van der Waals surface area contributed by atoms with Crippen molar-refractivity contribution in [2.75, 3.05) is 59.2 Å². The number of ether oxygens (including phenoxy) is 1. The lowest BCUT2D eigenvalue weighted by atomic mass is 10.1. The Labute approximate surface area is 202 Å². The van der Waals surface area contributed by atoms with E-state index in [0.29, 0.717) is 18.2 Å². The summed E-state index contributed by atoms with van der Waals surface area (Å²) in [5.41, 5.74) is -0.607. The minimum atomic E-state index is -3.27. The average molecular weight is 574 g/mol. The van der Waals surface area contributed by atoms with Crippen LogP contribution in [0.5, 0.6) is 5.75 Å². The van der Waals surface area contributed by atoms with Crippen LogP contribution in [0, 0.1) is 0 Å². The molecule has 2 N–H and O–H groups in total. The number of guanidine groups is 1. The van der Waals surface area contributed by atoms with Crippen LogP contribution in [0.2, 0.25) is 5.02 Å². The van der Waals surface area contributed by atoms with Crippen LogP contribution in [-0.4, -0.2) is 88.9 Å². The second kappa shape index (κ2) is 12.3. The van der Waals surface area contributed by atoms with Crippen LogP contribution in [0.3, 0.4) is 0 Å². The molecule has 0 radical (unpaired) electrons. The molecule has 1 aromatic rings. The van der Waals surface area contributed by atoms with Crippen LogP contribution in [0.4, 0.5) is 0 Å². The van der Waals surface area contributed by atoms with E-state index in [9.17, 15) is 8.42 Å². The third-order valence-corrected chi connectivity index (χ3v) is 5.70. The van der Waals surface area contributed by atoms with Gasteiger partial charge in [0.05, 0.1) is 6.26 Å². The van der Waals surface area contributed by atoms with Crippen LogP contribution in [0.15, 0.2) is 29.3 Å². The van der Waals surface area contributed by atoms with Crippen LogP contribution in [0.1, 0.15) is 13.8 Å². The molecule has 1 heterocycles. The zero-order valence-electron chi connectivity index (χ0n) is 18.0. The molecule has 0 aromatic heterocycles. The molecule has 0 spiro atoms. The molecular formula is C19H33ClIN5O3S. The Balaban J connectivity index is 0.00000450. The zero-order chi connectivity index (χ0) is 21.5. The van der Waals surface area contributed by atoms with Gasteiger partial charge >= 0.3 is 0 Å². The number of nitrogens with zero attached hydrogens (tertiary/aromatic N) is 3. The molecule has 1 aromatic carbocycles. The van der Waals surface area contributed by atoms with E-state index in [4.69, 9.17) is 16.3 Å². The van der Waals surface area contributed by atoms with Gasteiger partial charge in [0.1, 0.15) is 12.4 Å². The van der Waals surface area contributed by atoms with E-state index in [1.54, 1.807) is 7.05 Å². The van der Waals surface area contributed by atoms with E-state index in [-0.39, 0.29) is 24.0 Å². The smallest absolute Gasteiger partial charge is 0.209 e. The fourth-order valence-electron chi connectivity index (χ4n) is 3.18. The van der Waals surface area contributed by atoms with Crippen LogP contribution >= 0.6 is 35.6 Å². The Kier molecular flexibility index (Phi) is 11.1. The predicted molar refractivity (Wildman–Crippen MR) is 134 cm³/mol. The SMILES string of the molecule is CN=C(NCC(C)(C)NS(C)(=O)=O)N1CCN(CCOc2ccc(Cl)cc2)CC1.I. The standard InChI is InChI=1S/C19H32ClN5O3S.HI/c1-19(2,23-29(4,26)27)15-22-18(21-3)25-11-9-24(10-12-25)13-14-28-17-7-5-16(20)6-8-17;/h5-8,23H,9-15H2,1-4H3,(H,21,22);1H. The maximum absolute atomic E-state index is 11.5. The lowest BCUT2D eigenvalue weighted by Gasteiger charge is -2.37. The molecule has 30 heavy (non-hydrogen) atoms. The Hall–Kier alpha value is -0.820. The maximum Gasteiger partial charge on any atom is 0.209 e. The highest BCUT2D eigenvalue weighted by Crippen LogP contribution is 2.15. The van der Waals surface area contributed by atoms with Crippen molar-refractivity contribution in [1.29, 1.82) is 0 Å². The fraction of sp³-hybridized carbons (Fsp3) is 0.632. The first kappa shape index (κ1) is 27.2. The van der Waals surface area contributed by atoms with Crippen molar-refractivity contribution < 1.29 is 13.2 Å². The minimum absolute atomic E-state index is 0. The minimum Gasteiger partial charge on any atom is -0.492 e. The number of piperazine rings is 1. The van der Waals surface area contributed by atoms with Gasteiger partial charge in [-0.3, -0.25) is 9.89 Å². The van der Waals surface area contributed by atoms with Gasteiger partial charge in [-0.1, -0.05) is 11.6 Å². The van der Waals surface area contributed by atoms with Gasteiger partial charge in [0.15, 0.2) is 5.96 Å². The molecule has 0 aliphatic carbocycles. The van der Waals surface area contributed by atoms with E-state index >= 15 is 0 Å². The van der Waals surface area contributed by atoms with Crippen molar-refractivity contribution in [2.45, 2.75) is 19.4 Å². The number of hydrogen-bond donors (Lipinski definition) is 2. The Morgan fingerprint density at radius 1 is 1.20 bits per heavy atom. The quantitative estimate of drug-likeness (QED) is 0.281. The second-order valence-electron chi connectivity index (χ2n) is 7.79. The first-order chi connectivity index (χ1) is 13.6. The fourth-order valence-corrected chi connectivity index (χ4v) is 4.38. The van der Waals surface area contributed by atoms with Gasteiger partial charge in [-0.15, -0.1) is 24.0 Å². The summed E-state index contributed by atoms with van der Waals surface area (Å²) in [6.45, 7) is 9.13. The van der Waals surface area contributed by atoms with E-state index in [2.05, 4.69) is 24.8 Å². The predicted octanol–water partition coefficient (Wildman–Crippen LogP) is 1.86. The number of sulfonamides is 1.